The Kier molecular flexibility index (Phi) is 4.29. The molecule has 0 bridgehead atoms. The minimum absolute atomic E-state index is 0.227. The van der Waals surface area contributed by atoms with Crippen molar-refractivity contribution < 1.29 is 23.9 Å². The molecule has 6 nitrogen and oxygen atoms in total. The molecular weight excluding hydrogens is 430 g/mol. The lowest BCUT2D eigenvalue weighted by molar-refractivity contribution is -0.127. The Bertz CT molecular complexity index is 1350. The predicted octanol–water partition coefficient (Wildman–Crippen LogP) is 4.00. The summed E-state index contributed by atoms with van der Waals surface area (Å²) < 4.78 is 6.28. The van der Waals surface area contributed by atoms with Crippen LogP contribution in [0.4, 0.5) is 5.69 Å². The van der Waals surface area contributed by atoms with Crippen LogP contribution in [0.25, 0.3) is 0 Å². The van der Waals surface area contributed by atoms with Crippen LogP contribution in [-0.2, 0) is 14.3 Å². The van der Waals surface area contributed by atoms with E-state index < -0.39 is 46.9 Å². The van der Waals surface area contributed by atoms with Gasteiger partial charge in [-0.1, -0.05) is 60.7 Å². The Labute approximate surface area is 196 Å². The van der Waals surface area contributed by atoms with Crippen molar-refractivity contribution in [2.75, 3.05) is 4.90 Å². The van der Waals surface area contributed by atoms with Gasteiger partial charge < -0.3 is 4.74 Å². The zero-order valence-corrected chi connectivity index (χ0v) is 18.6. The Hall–Kier alpha value is -3.90. The van der Waals surface area contributed by atoms with Gasteiger partial charge in [-0.15, -0.1) is 0 Å². The smallest absolute Gasteiger partial charge is 0.241 e. The van der Waals surface area contributed by atoms with E-state index in [2.05, 4.69) is 0 Å². The summed E-state index contributed by atoms with van der Waals surface area (Å²) >= 11 is 0. The highest BCUT2D eigenvalue weighted by molar-refractivity contribution is 6.37. The van der Waals surface area contributed by atoms with Gasteiger partial charge in [0.2, 0.25) is 29.0 Å². The lowest BCUT2D eigenvalue weighted by atomic mass is 9.77. The van der Waals surface area contributed by atoms with Gasteiger partial charge in [0.1, 0.15) is 0 Å². The highest BCUT2D eigenvalue weighted by Gasteiger charge is 2.74. The van der Waals surface area contributed by atoms with Crippen molar-refractivity contribution in [3.63, 3.8) is 0 Å². The largest absolute Gasteiger partial charge is 0.349 e. The van der Waals surface area contributed by atoms with Gasteiger partial charge in [0, 0.05) is 11.1 Å². The maximum absolute atomic E-state index is 13.9. The van der Waals surface area contributed by atoms with Crippen molar-refractivity contribution in [1.82, 2.24) is 0 Å². The average molecular weight is 451 g/mol. The second-order valence-corrected chi connectivity index (χ2v) is 9.25. The Morgan fingerprint density at radius 3 is 1.88 bits per heavy atom. The predicted molar refractivity (Wildman–Crippen MR) is 123 cm³/mol. The highest BCUT2D eigenvalue weighted by Crippen LogP contribution is 2.57. The molecule has 2 fully saturated rings. The van der Waals surface area contributed by atoms with Gasteiger partial charge in [0.05, 0.1) is 23.6 Å². The summed E-state index contributed by atoms with van der Waals surface area (Å²) in [6, 6.07) is 21.0. The minimum Gasteiger partial charge on any atom is -0.349 e. The molecule has 3 atom stereocenters. The summed E-state index contributed by atoms with van der Waals surface area (Å²) in [5, 5.41) is 0. The Morgan fingerprint density at radius 2 is 1.29 bits per heavy atom. The molecule has 1 aliphatic carbocycles. The van der Waals surface area contributed by atoms with E-state index in [0.717, 1.165) is 16.0 Å². The molecular formula is C28H21NO5. The first-order valence-electron chi connectivity index (χ1n) is 11.2. The number of aryl methyl sites for hydroxylation is 2. The molecule has 2 aliphatic heterocycles. The molecule has 3 aliphatic rings. The third kappa shape index (κ3) is 2.54. The SMILES string of the molecule is Cc1cc(C)cc(N2C(=O)[C@H]3[C@@H](c4ccccc4)OC4(C(=O)c5ccccc5C4=O)[C@@H]3C2=O)c1. The number of carbonyl (C=O) groups is 4. The molecule has 34 heavy (non-hydrogen) atoms. The number of amides is 2. The van der Waals surface area contributed by atoms with Crippen molar-refractivity contribution in [3.8, 4) is 0 Å². The van der Waals surface area contributed by atoms with Crippen LogP contribution in [0.5, 0.6) is 0 Å². The van der Waals surface area contributed by atoms with Crippen LogP contribution in [0.2, 0.25) is 0 Å². The number of hydrogen-bond acceptors (Lipinski definition) is 5. The molecule has 0 N–H and O–H groups in total. The van der Waals surface area contributed by atoms with Gasteiger partial charge in [0.15, 0.2) is 0 Å². The lowest BCUT2D eigenvalue weighted by Gasteiger charge is -2.27. The van der Waals surface area contributed by atoms with E-state index in [1.807, 2.05) is 26.0 Å². The van der Waals surface area contributed by atoms with Gasteiger partial charge >= 0.3 is 0 Å². The third-order valence-corrected chi connectivity index (χ3v) is 7.11. The topological polar surface area (TPSA) is 80.8 Å². The highest BCUT2D eigenvalue weighted by atomic mass is 16.5. The van der Waals surface area contributed by atoms with E-state index in [1.54, 1.807) is 60.7 Å². The monoisotopic (exact) mass is 451 g/mol. The average Bonchev–Trinajstić information content (AvgIpc) is 3.39. The summed E-state index contributed by atoms with van der Waals surface area (Å²) in [6.07, 6.45) is -0.902. The number of carbonyl (C=O) groups excluding carboxylic acids is 4. The van der Waals surface area contributed by atoms with Crippen molar-refractivity contribution in [1.29, 1.82) is 0 Å². The number of rotatable bonds is 2. The summed E-state index contributed by atoms with van der Waals surface area (Å²) in [4.78, 5) is 56.3. The molecule has 2 saturated heterocycles. The molecule has 0 unspecified atom stereocenters. The van der Waals surface area contributed by atoms with E-state index in [1.165, 1.54) is 0 Å². The fourth-order valence-electron chi connectivity index (χ4n) is 5.80. The second-order valence-electron chi connectivity index (χ2n) is 9.25. The number of benzene rings is 3. The van der Waals surface area contributed by atoms with Gasteiger partial charge in [-0.05, 0) is 42.7 Å². The second kappa shape index (κ2) is 7.05. The molecule has 3 aromatic carbocycles. The standard InChI is InChI=1S/C28H21NO5/c1-15-12-16(2)14-18(13-15)29-26(32)21-22(27(29)33)28(34-23(21)17-8-4-3-5-9-17)24(30)19-10-6-7-11-20(19)25(28)31/h3-14,21-23H,1-2H3/t21-,22+,23-/m1/s1. The maximum Gasteiger partial charge on any atom is 0.241 e. The van der Waals surface area contributed by atoms with Crippen LogP contribution in [0, 0.1) is 25.7 Å². The molecule has 0 radical (unpaired) electrons. The third-order valence-electron chi connectivity index (χ3n) is 7.11. The lowest BCUT2D eigenvalue weighted by Crippen LogP contribution is -2.51. The molecule has 2 heterocycles. The maximum atomic E-state index is 13.9. The molecule has 0 aromatic heterocycles. The van der Waals surface area contributed by atoms with Crippen LogP contribution in [0.15, 0.2) is 72.8 Å². The zero-order chi connectivity index (χ0) is 23.8. The number of nitrogens with zero attached hydrogens (tertiary/aromatic N) is 1. The Balaban J connectivity index is 1.56. The van der Waals surface area contributed by atoms with Crippen LogP contribution < -0.4 is 4.90 Å². The molecule has 6 rings (SSSR count). The number of hydrogen-bond donors (Lipinski definition) is 0. The van der Waals surface area contributed by atoms with Crippen LogP contribution in [0.3, 0.4) is 0 Å². The van der Waals surface area contributed by atoms with Gasteiger partial charge in [-0.3, -0.25) is 19.2 Å². The van der Waals surface area contributed by atoms with E-state index >= 15 is 0 Å². The van der Waals surface area contributed by atoms with Crippen molar-refractivity contribution in [3.05, 3.63) is 101 Å². The molecule has 1 spiro atoms. The number of fused-ring (bicyclic) bond motifs is 3. The summed E-state index contributed by atoms with van der Waals surface area (Å²) in [5.74, 6) is -4.36. The molecule has 0 saturated carbocycles. The Morgan fingerprint density at radius 1 is 0.735 bits per heavy atom. The van der Waals surface area contributed by atoms with Gasteiger partial charge in [-0.25, -0.2) is 4.90 Å². The number of ether oxygens (including phenoxy) is 1. The summed E-state index contributed by atoms with van der Waals surface area (Å²) in [6.45, 7) is 3.78. The normalized spacial score (nSPS) is 24.8. The van der Waals surface area contributed by atoms with Gasteiger partial charge in [-0.2, -0.15) is 0 Å². The molecule has 6 heteroatoms. The summed E-state index contributed by atoms with van der Waals surface area (Å²) in [5.41, 5.74) is 1.30. The fourth-order valence-corrected chi connectivity index (χ4v) is 5.80. The first-order chi connectivity index (χ1) is 16.3. The number of imide groups is 1. The van der Waals surface area contributed by atoms with E-state index in [9.17, 15) is 19.2 Å². The molecule has 3 aromatic rings. The zero-order valence-electron chi connectivity index (χ0n) is 18.6. The molecule has 168 valence electrons. The quantitative estimate of drug-likeness (QED) is 0.435. The van der Waals surface area contributed by atoms with Gasteiger partial charge in [0.25, 0.3) is 0 Å². The minimum atomic E-state index is -2.05. The van der Waals surface area contributed by atoms with Crippen molar-refractivity contribution in [2.45, 2.75) is 25.6 Å². The van der Waals surface area contributed by atoms with Crippen molar-refractivity contribution >= 4 is 29.1 Å². The first kappa shape index (κ1) is 20.7. The van der Waals surface area contributed by atoms with Crippen molar-refractivity contribution in [2.24, 2.45) is 11.8 Å². The van der Waals surface area contributed by atoms with E-state index in [0.29, 0.717) is 11.3 Å². The fraction of sp³-hybridized carbons (Fsp3) is 0.214. The van der Waals surface area contributed by atoms with E-state index in [4.69, 9.17) is 4.74 Å². The molecule has 2 amide bonds. The first-order valence-corrected chi connectivity index (χ1v) is 11.2. The van der Waals surface area contributed by atoms with Crippen LogP contribution >= 0.6 is 0 Å². The summed E-state index contributed by atoms with van der Waals surface area (Å²) in [7, 11) is 0. The number of Topliss-reactive ketones (excluding diaryl/α,β-unsaturated/α-hetero) is 2. The van der Waals surface area contributed by atoms with Crippen LogP contribution in [-0.4, -0.2) is 29.0 Å². The van der Waals surface area contributed by atoms with Crippen LogP contribution in [0.1, 0.15) is 43.5 Å². The van der Waals surface area contributed by atoms with E-state index in [-0.39, 0.29) is 11.1 Å². The number of ketones is 2. The number of anilines is 1.